The highest BCUT2D eigenvalue weighted by molar-refractivity contribution is 5.32. The molecule has 0 aromatic carbocycles. The van der Waals surface area contributed by atoms with E-state index in [0.717, 1.165) is 31.0 Å². The van der Waals surface area contributed by atoms with Gasteiger partial charge in [-0.2, -0.15) is 0 Å². The van der Waals surface area contributed by atoms with Gasteiger partial charge < -0.3 is 11.1 Å². The van der Waals surface area contributed by atoms with Crippen LogP contribution in [0.25, 0.3) is 0 Å². The van der Waals surface area contributed by atoms with E-state index in [2.05, 4.69) is 36.1 Å². The Balaban J connectivity index is 2.44. The van der Waals surface area contributed by atoms with Gasteiger partial charge in [-0.15, -0.1) is 0 Å². The highest BCUT2D eigenvalue weighted by Crippen LogP contribution is 2.18. The summed E-state index contributed by atoms with van der Waals surface area (Å²) >= 11 is 0. The third-order valence-electron chi connectivity index (χ3n) is 2.25. The molecule has 0 aliphatic carbocycles. The van der Waals surface area contributed by atoms with E-state index in [1.54, 1.807) is 6.20 Å². The highest BCUT2D eigenvalue weighted by Gasteiger charge is 2.09. The number of nitrogens with two attached hydrogens (primary N) is 1. The molecular weight excluding hydrogens is 200 g/mol. The van der Waals surface area contributed by atoms with Crippen LogP contribution in [-0.4, -0.2) is 23.1 Å². The SMILES string of the molecule is CC(C)(C)CCNc1ccnc(CCN)n1. The molecule has 1 heterocycles. The van der Waals surface area contributed by atoms with Crippen LogP contribution in [-0.2, 0) is 6.42 Å². The van der Waals surface area contributed by atoms with E-state index in [1.165, 1.54) is 0 Å². The molecule has 0 fully saturated rings. The molecule has 0 aliphatic heterocycles. The van der Waals surface area contributed by atoms with Crippen molar-refractivity contribution in [2.45, 2.75) is 33.6 Å². The lowest BCUT2D eigenvalue weighted by molar-refractivity contribution is 0.389. The quantitative estimate of drug-likeness (QED) is 0.797. The molecule has 0 radical (unpaired) electrons. The van der Waals surface area contributed by atoms with E-state index in [9.17, 15) is 0 Å². The Morgan fingerprint density at radius 3 is 2.75 bits per heavy atom. The van der Waals surface area contributed by atoms with Gasteiger partial charge in [0.05, 0.1) is 0 Å². The van der Waals surface area contributed by atoms with Crippen LogP contribution in [0.3, 0.4) is 0 Å². The number of nitrogens with one attached hydrogen (secondary N) is 1. The van der Waals surface area contributed by atoms with E-state index in [1.807, 2.05) is 6.07 Å². The van der Waals surface area contributed by atoms with Crippen molar-refractivity contribution in [2.75, 3.05) is 18.4 Å². The first-order chi connectivity index (χ1) is 7.51. The second-order valence-corrected chi connectivity index (χ2v) is 5.13. The van der Waals surface area contributed by atoms with Crippen molar-refractivity contribution in [1.82, 2.24) is 9.97 Å². The summed E-state index contributed by atoms with van der Waals surface area (Å²) in [5.41, 5.74) is 5.81. The third-order valence-corrected chi connectivity index (χ3v) is 2.25. The van der Waals surface area contributed by atoms with Crippen LogP contribution in [0.1, 0.15) is 33.0 Å². The number of anilines is 1. The van der Waals surface area contributed by atoms with Gasteiger partial charge in [0.2, 0.25) is 0 Å². The smallest absolute Gasteiger partial charge is 0.131 e. The van der Waals surface area contributed by atoms with E-state index in [4.69, 9.17) is 5.73 Å². The summed E-state index contributed by atoms with van der Waals surface area (Å²) in [6.45, 7) is 8.21. The lowest BCUT2D eigenvalue weighted by Crippen LogP contribution is -2.14. The summed E-state index contributed by atoms with van der Waals surface area (Å²) in [6, 6.07) is 1.89. The molecule has 0 spiro atoms. The largest absolute Gasteiger partial charge is 0.370 e. The summed E-state index contributed by atoms with van der Waals surface area (Å²) in [5, 5.41) is 3.31. The Morgan fingerprint density at radius 2 is 2.12 bits per heavy atom. The van der Waals surface area contributed by atoms with Crippen LogP contribution in [0.2, 0.25) is 0 Å². The van der Waals surface area contributed by atoms with Crippen LogP contribution in [0.4, 0.5) is 5.82 Å². The van der Waals surface area contributed by atoms with Gasteiger partial charge in [0.1, 0.15) is 11.6 Å². The molecule has 0 saturated carbocycles. The molecule has 1 aromatic heterocycles. The van der Waals surface area contributed by atoms with Gasteiger partial charge >= 0.3 is 0 Å². The van der Waals surface area contributed by atoms with Gasteiger partial charge in [-0.3, -0.25) is 0 Å². The molecule has 0 amide bonds. The van der Waals surface area contributed by atoms with Crippen molar-refractivity contribution in [1.29, 1.82) is 0 Å². The molecule has 1 aromatic rings. The van der Waals surface area contributed by atoms with Crippen molar-refractivity contribution in [3.8, 4) is 0 Å². The molecule has 0 unspecified atom stereocenters. The first-order valence-electron chi connectivity index (χ1n) is 5.77. The average Bonchev–Trinajstić information content (AvgIpc) is 2.17. The zero-order valence-corrected chi connectivity index (χ0v) is 10.5. The summed E-state index contributed by atoms with van der Waals surface area (Å²) in [7, 11) is 0. The second-order valence-electron chi connectivity index (χ2n) is 5.13. The first kappa shape index (κ1) is 12.9. The predicted octanol–water partition coefficient (Wildman–Crippen LogP) is 1.83. The number of aromatic nitrogens is 2. The Morgan fingerprint density at radius 1 is 1.38 bits per heavy atom. The van der Waals surface area contributed by atoms with E-state index < -0.39 is 0 Å². The fourth-order valence-corrected chi connectivity index (χ4v) is 1.31. The van der Waals surface area contributed by atoms with Crippen molar-refractivity contribution in [3.63, 3.8) is 0 Å². The Kier molecular flexibility index (Phi) is 4.68. The third kappa shape index (κ3) is 5.07. The maximum absolute atomic E-state index is 5.47. The van der Waals surface area contributed by atoms with Crippen molar-refractivity contribution in [3.05, 3.63) is 18.1 Å². The van der Waals surface area contributed by atoms with Gasteiger partial charge in [-0.25, -0.2) is 9.97 Å². The molecule has 0 saturated heterocycles. The number of nitrogens with zero attached hydrogens (tertiary/aromatic N) is 2. The van der Waals surface area contributed by atoms with Crippen LogP contribution < -0.4 is 11.1 Å². The topological polar surface area (TPSA) is 63.8 Å². The van der Waals surface area contributed by atoms with Crippen LogP contribution in [0, 0.1) is 5.41 Å². The minimum absolute atomic E-state index is 0.347. The molecule has 3 N–H and O–H groups in total. The Labute approximate surface area is 97.7 Å². The lowest BCUT2D eigenvalue weighted by atomic mass is 9.92. The van der Waals surface area contributed by atoms with E-state index in [0.29, 0.717) is 12.0 Å². The lowest BCUT2D eigenvalue weighted by Gasteiger charge is -2.18. The molecule has 0 aliphatic rings. The van der Waals surface area contributed by atoms with E-state index >= 15 is 0 Å². The molecule has 0 bridgehead atoms. The normalized spacial score (nSPS) is 11.5. The summed E-state index contributed by atoms with van der Waals surface area (Å²) in [5.74, 6) is 1.70. The van der Waals surface area contributed by atoms with Gasteiger partial charge in [0, 0.05) is 19.2 Å². The van der Waals surface area contributed by atoms with E-state index in [-0.39, 0.29) is 0 Å². The standard InChI is InChI=1S/C12H22N4/c1-12(2,3)6-9-15-11-5-8-14-10(16-11)4-7-13/h5,8H,4,6-7,9,13H2,1-3H3,(H,14,15,16). The van der Waals surface area contributed by atoms with Crippen LogP contribution in [0.15, 0.2) is 12.3 Å². The van der Waals surface area contributed by atoms with Crippen molar-refractivity contribution < 1.29 is 0 Å². The molecule has 16 heavy (non-hydrogen) atoms. The molecule has 90 valence electrons. The van der Waals surface area contributed by atoms with Crippen molar-refractivity contribution in [2.24, 2.45) is 11.1 Å². The number of hydrogen-bond donors (Lipinski definition) is 2. The van der Waals surface area contributed by atoms with Gasteiger partial charge in [-0.05, 0) is 24.4 Å². The van der Waals surface area contributed by atoms with Crippen LogP contribution >= 0.6 is 0 Å². The molecular formula is C12H22N4. The summed E-state index contributed by atoms with van der Waals surface area (Å²) < 4.78 is 0. The fourth-order valence-electron chi connectivity index (χ4n) is 1.31. The van der Waals surface area contributed by atoms with Gasteiger partial charge in [0.25, 0.3) is 0 Å². The zero-order valence-electron chi connectivity index (χ0n) is 10.5. The Bertz CT molecular complexity index is 317. The first-order valence-corrected chi connectivity index (χ1v) is 5.77. The van der Waals surface area contributed by atoms with Gasteiger partial charge in [-0.1, -0.05) is 20.8 Å². The van der Waals surface area contributed by atoms with Crippen LogP contribution in [0.5, 0.6) is 0 Å². The van der Waals surface area contributed by atoms with Crippen molar-refractivity contribution >= 4 is 5.82 Å². The maximum Gasteiger partial charge on any atom is 0.131 e. The molecule has 0 atom stereocenters. The molecule has 4 heteroatoms. The monoisotopic (exact) mass is 222 g/mol. The van der Waals surface area contributed by atoms with Gasteiger partial charge in [0.15, 0.2) is 0 Å². The maximum atomic E-state index is 5.47. The number of hydrogen-bond acceptors (Lipinski definition) is 4. The zero-order chi connectivity index (χ0) is 12.0. The predicted molar refractivity (Wildman–Crippen MR) is 67.4 cm³/mol. The second kappa shape index (κ2) is 5.80. The molecule has 4 nitrogen and oxygen atoms in total. The Hall–Kier alpha value is -1.16. The minimum Gasteiger partial charge on any atom is -0.370 e. The molecule has 1 rings (SSSR count). The average molecular weight is 222 g/mol. The summed E-state index contributed by atoms with van der Waals surface area (Å²) in [4.78, 5) is 8.53. The minimum atomic E-state index is 0.347. The summed E-state index contributed by atoms with van der Waals surface area (Å²) in [6.07, 6.45) is 3.62. The highest BCUT2D eigenvalue weighted by atomic mass is 15.0. The number of rotatable bonds is 5. The fraction of sp³-hybridized carbons (Fsp3) is 0.667.